The monoisotopic (exact) mass is 378 g/mol. The molecule has 1 N–H and O–H groups in total. The van der Waals surface area contributed by atoms with Crippen molar-refractivity contribution in [2.75, 3.05) is 23.7 Å². The van der Waals surface area contributed by atoms with Gasteiger partial charge >= 0.3 is 0 Å². The number of hydrogen-bond donors (Lipinski definition) is 1. The molecule has 144 valence electrons. The second-order valence-corrected chi connectivity index (χ2v) is 9.86. The maximum atomic E-state index is 12.3. The second-order valence-electron chi connectivity index (χ2n) is 7.95. The van der Waals surface area contributed by atoms with Gasteiger partial charge in [0.15, 0.2) is 0 Å². The number of benzene rings is 1. The van der Waals surface area contributed by atoms with E-state index in [0.717, 1.165) is 35.4 Å². The summed E-state index contributed by atoms with van der Waals surface area (Å²) in [5, 5.41) is 2.85. The molecule has 0 atom stereocenters. The van der Waals surface area contributed by atoms with E-state index in [9.17, 15) is 13.2 Å². The fourth-order valence-corrected chi connectivity index (χ4v) is 3.85. The highest BCUT2D eigenvalue weighted by molar-refractivity contribution is 7.92. The molecule has 0 fully saturated rings. The second kappa shape index (κ2) is 8.25. The molecule has 0 saturated heterocycles. The summed E-state index contributed by atoms with van der Waals surface area (Å²) < 4.78 is 25.5. The van der Waals surface area contributed by atoms with E-state index in [4.69, 9.17) is 0 Å². The Hall–Kier alpha value is -1.82. The lowest BCUT2D eigenvalue weighted by Crippen LogP contribution is -2.41. The number of allylic oxidation sites excluding steroid dienone is 1. The molecule has 0 unspecified atom stereocenters. The molecule has 0 radical (unpaired) electrons. The van der Waals surface area contributed by atoms with Crippen LogP contribution in [0.1, 0.15) is 52.0 Å². The molecule has 1 aliphatic rings. The van der Waals surface area contributed by atoms with Gasteiger partial charge in [-0.25, -0.2) is 8.42 Å². The van der Waals surface area contributed by atoms with Crippen LogP contribution in [0.5, 0.6) is 0 Å². The van der Waals surface area contributed by atoms with Gasteiger partial charge in [-0.2, -0.15) is 0 Å². The van der Waals surface area contributed by atoms with Crippen LogP contribution in [0.2, 0.25) is 0 Å². The molecule has 0 spiro atoms. The predicted molar refractivity (Wildman–Crippen MR) is 107 cm³/mol. The molecule has 0 bridgehead atoms. The Balaban J connectivity index is 2.07. The van der Waals surface area contributed by atoms with E-state index < -0.39 is 10.0 Å². The molecule has 26 heavy (non-hydrogen) atoms. The fraction of sp³-hybridized carbons (Fsp3) is 0.550. The minimum absolute atomic E-state index is 0.0143. The number of sulfonamides is 1. The average Bonchev–Trinajstić information content (AvgIpc) is 2.57. The van der Waals surface area contributed by atoms with Crippen LogP contribution in [0.15, 0.2) is 35.9 Å². The zero-order chi connectivity index (χ0) is 19.4. The topological polar surface area (TPSA) is 66.5 Å². The maximum Gasteiger partial charge on any atom is 0.241 e. The lowest BCUT2D eigenvalue weighted by Gasteiger charge is -2.24. The first-order valence-corrected chi connectivity index (χ1v) is 10.9. The van der Waals surface area contributed by atoms with Crippen LogP contribution in [0.3, 0.4) is 0 Å². The van der Waals surface area contributed by atoms with Crippen LogP contribution in [-0.4, -0.2) is 33.7 Å². The van der Waals surface area contributed by atoms with Crippen LogP contribution >= 0.6 is 0 Å². The van der Waals surface area contributed by atoms with Crippen molar-refractivity contribution < 1.29 is 13.2 Å². The number of nitrogens with zero attached hydrogens (tertiary/aromatic N) is 1. The summed E-state index contributed by atoms with van der Waals surface area (Å²) in [7, 11) is -3.55. The van der Waals surface area contributed by atoms with Gasteiger partial charge < -0.3 is 5.32 Å². The van der Waals surface area contributed by atoms with Gasteiger partial charge in [-0.05, 0) is 48.8 Å². The fourth-order valence-electron chi connectivity index (χ4n) is 2.99. The zero-order valence-corrected chi connectivity index (χ0v) is 17.0. The normalized spacial score (nSPS) is 15.3. The molecule has 5 nitrogen and oxygen atoms in total. The van der Waals surface area contributed by atoms with Crippen LogP contribution in [0.4, 0.5) is 5.69 Å². The number of carbonyl (C=O) groups excluding carboxylic acids is 1. The van der Waals surface area contributed by atoms with Crippen molar-refractivity contribution in [2.45, 2.75) is 51.9 Å². The van der Waals surface area contributed by atoms with Crippen molar-refractivity contribution in [2.24, 2.45) is 0 Å². The number of anilines is 1. The van der Waals surface area contributed by atoms with Gasteiger partial charge in [0.1, 0.15) is 6.54 Å². The molecule has 0 aliphatic heterocycles. The van der Waals surface area contributed by atoms with Crippen LogP contribution in [-0.2, 0) is 20.2 Å². The van der Waals surface area contributed by atoms with E-state index in [1.165, 1.54) is 12.0 Å². The molecule has 0 heterocycles. The first kappa shape index (κ1) is 20.5. The average molecular weight is 379 g/mol. The SMILES string of the molecule is CC(C)(C)c1ccc(N(CC(=O)NCC2=CCCCC2)S(C)(=O)=O)cc1. The van der Waals surface area contributed by atoms with E-state index in [0.29, 0.717) is 12.2 Å². The molecule has 1 aromatic rings. The minimum Gasteiger partial charge on any atom is -0.351 e. The zero-order valence-electron chi connectivity index (χ0n) is 16.2. The van der Waals surface area contributed by atoms with E-state index in [1.54, 1.807) is 12.1 Å². The van der Waals surface area contributed by atoms with Crippen LogP contribution in [0.25, 0.3) is 0 Å². The number of carbonyl (C=O) groups is 1. The Labute approximate surface area is 157 Å². The largest absolute Gasteiger partial charge is 0.351 e. The predicted octanol–water partition coefficient (Wildman–Crippen LogP) is 3.37. The molecule has 1 aliphatic carbocycles. The standard InChI is InChI=1S/C20H30N2O3S/c1-20(2,3)17-10-12-18(13-11-17)22(26(4,24)25)15-19(23)21-14-16-8-6-5-7-9-16/h8,10-13H,5-7,9,14-15H2,1-4H3,(H,21,23). The van der Waals surface area contributed by atoms with Crippen LogP contribution < -0.4 is 9.62 Å². The van der Waals surface area contributed by atoms with Crippen molar-refractivity contribution in [3.63, 3.8) is 0 Å². The van der Waals surface area contributed by atoms with Gasteiger partial charge in [-0.3, -0.25) is 9.10 Å². The lowest BCUT2D eigenvalue weighted by atomic mass is 9.87. The quantitative estimate of drug-likeness (QED) is 0.772. The Morgan fingerprint density at radius 1 is 1.15 bits per heavy atom. The molecular weight excluding hydrogens is 348 g/mol. The first-order chi connectivity index (χ1) is 12.1. The van der Waals surface area contributed by atoms with Crippen molar-refractivity contribution >= 4 is 21.6 Å². The van der Waals surface area contributed by atoms with E-state index in [2.05, 4.69) is 32.2 Å². The summed E-state index contributed by atoms with van der Waals surface area (Å²) in [5.41, 5.74) is 2.83. The molecule has 1 amide bonds. The van der Waals surface area contributed by atoms with Gasteiger partial charge in [-0.1, -0.05) is 44.6 Å². The third-order valence-corrected chi connectivity index (χ3v) is 5.75. The van der Waals surface area contributed by atoms with Gasteiger partial charge in [0, 0.05) is 6.54 Å². The van der Waals surface area contributed by atoms with Gasteiger partial charge in [-0.15, -0.1) is 0 Å². The summed E-state index contributed by atoms with van der Waals surface area (Å²) in [6.45, 7) is 6.59. The highest BCUT2D eigenvalue weighted by atomic mass is 32.2. The number of amides is 1. The third kappa shape index (κ3) is 5.87. The van der Waals surface area contributed by atoms with Crippen molar-refractivity contribution in [3.8, 4) is 0 Å². The molecule has 2 rings (SSSR count). The first-order valence-electron chi connectivity index (χ1n) is 9.10. The van der Waals surface area contributed by atoms with E-state index in [1.807, 2.05) is 12.1 Å². The molecule has 0 aromatic heterocycles. The summed E-state index contributed by atoms with van der Waals surface area (Å²) in [4.78, 5) is 12.3. The number of rotatable bonds is 6. The van der Waals surface area contributed by atoms with Crippen LogP contribution in [0, 0.1) is 0 Å². The summed E-state index contributed by atoms with van der Waals surface area (Å²) in [5.74, 6) is -0.290. The van der Waals surface area contributed by atoms with Gasteiger partial charge in [0.2, 0.25) is 15.9 Å². The van der Waals surface area contributed by atoms with Gasteiger partial charge in [0.05, 0.1) is 11.9 Å². The van der Waals surface area contributed by atoms with E-state index in [-0.39, 0.29) is 17.9 Å². The Morgan fingerprint density at radius 2 is 1.81 bits per heavy atom. The summed E-state index contributed by atoms with van der Waals surface area (Å²) in [6.07, 6.45) is 7.71. The highest BCUT2D eigenvalue weighted by Gasteiger charge is 2.22. The summed E-state index contributed by atoms with van der Waals surface area (Å²) >= 11 is 0. The minimum atomic E-state index is -3.55. The summed E-state index contributed by atoms with van der Waals surface area (Å²) in [6, 6.07) is 7.35. The van der Waals surface area contributed by atoms with Crippen molar-refractivity contribution in [1.29, 1.82) is 0 Å². The number of nitrogens with one attached hydrogen (secondary N) is 1. The lowest BCUT2D eigenvalue weighted by molar-refractivity contribution is -0.119. The molecule has 6 heteroatoms. The van der Waals surface area contributed by atoms with E-state index >= 15 is 0 Å². The Morgan fingerprint density at radius 3 is 2.31 bits per heavy atom. The third-order valence-electron chi connectivity index (χ3n) is 4.61. The van der Waals surface area contributed by atoms with Gasteiger partial charge in [0.25, 0.3) is 0 Å². The molecule has 0 saturated carbocycles. The van der Waals surface area contributed by atoms with Crippen molar-refractivity contribution in [1.82, 2.24) is 5.32 Å². The Bertz CT molecular complexity index is 759. The smallest absolute Gasteiger partial charge is 0.241 e. The molecule has 1 aromatic carbocycles. The maximum absolute atomic E-state index is 12.3. The highest BCUT2D eigenvalue weighted by Crippen LogP contribution is 2.25. The molecular formula is C20H30N2O3S. The van der Waals surface area contributed by atoms with Crippen molar-refractivity contribution in [3.05, 3.63) is 41.5 Å². The Kier molecular flexibility index (Phi) is 6.50. The number of hydrogen-bond acceptors (Lipinski definition) is 3.